The van der Waals surface area contributed by atoms with E-state index in [1.54, 1.807) is 0 Å². The normalized spacial score (nSPS) is 11.4. The Morgan fingerprint density at radius 3 is 2.00 bits per heavy atom. The first-order chi connectivity index (χ1) is 12.4. The van der Waals surface area contributed by atoms with Crippen LogP contribution in [0.3, 0.4) is 0 Å². The van der Waals surface area contributed by atoms with Crippen LogP contribution in [-0.2, 0) is 0 Å². The molecule has 0 aromatic carbocycles. The molecule has 4 aromatic heterocycles. The molecule has 4 aromatic rings. The topological polar surface area (TPSA) is 48.5 Å². The second-order valence-corrected chi connectivity index (χ2v) is 7.35. The zero-order chi connectivity index (χ0) is 18.8. The number of rotatable bonds is 2. The van der Waals surface area contributed by atoms with Crippen molar-refractivity contribution in [2.24, 2.45) is 0 Å². The smallest absolute Gasteiger partial charge is 0.157 e. The fourth-order valence-electron chi connectivity index (χ4n) is 3.00. The van der Waals surface area contributed by atoms with Crippen LogP contribution < -0.4 is 0 Å². The van der Waals surface area contributed by atoms with Crippen molar-refractivity contribution in [1.29, 1.82) is 0 Å². The maximum absolute atomic E-state index is 4.42. The zero-order valence-corrected chi connectivity index (χ0v) is 16.4. The van der Waals surface area contributed by atoms with Crippen LogP contribution in [0.2, 0.25) is 0 Å². The lowest BCUT2D eigenvalue weighted by atomic mass is 10.2. The Balaban J connectivity index is 0.000000151. The van der Waals surface area contributed by atoms with Crippen LogP contribution in [0, 0.1) is 13.8 Å². The van der Waals surface area contributed by atoms with E-state index < -0.39 is 0 Å². The summed E-state index contributed by atoms with van der Waals surface area (Å²) in [4.78, 5) is 8.79. The van der Waals surface area contributed by atoms with Gasteiger partial charge in [0.1, 0.15) is 5.65 Å². The first kappa shape index (κ1) is 18.1. The summed E-state index contributed by atoms with van der Waals surface area (Å²) in [5, 5.41) is 6.64. The molecule has 0 spiro atoms. The summed E-state index contributed by atoms with van der Waals surface area (Å²) in [5.74, 6) is 0. The molecule has 4 rings (SSSR count). The molecule has 136 valence electrons. The predicted octanol–water partition coefficient (Wildman–Crippen LogP) is 5.25. The number of hydrogen-bond acceptors (Lipinski definition) is 3. The van der Waals surface area contributed by atoms with Gasteiger partial charge in [0.15, 0.2) is 5.65 Å². The lowest BCUT2D eigenvalue weighted by molar-refractivity contribution is 0.546. The largest absolute Gasteiger partial charge is 0.330 e. The summed E-state index contributed by atoms with van der Waals surface area (Å²) < 4.78 is 4.13. The molecule has 0 aliphatic rings. The molecule has 5 heteroatoms. The molecule has 0 bridgehead atoms. The molecule has 26 heavy (non-hydrogen) atoms. The number of fused-ring (bicyclic) bond motifs is 2. The molecular weight excluding hydrogens is 322 g/mol. The Labute approximate surface area is 154 Å². The Bertz CT molecular complexity index is 939. The first-order valence-corrected chi connectivity index (χ1v) is 9.10. The maximum atomic E-state index is 4.42. The van der Waals surface area contributed by atoms with E-state index in [9.17, 15) is 0 Å². The van der Waals surface area contributed by atoms with Crippen LogP contribution in [0.25, 0.3) is 22.1 Å². The van der Waals surface area contributed by atoms with E-state index in [1.165, 1.54) is 16.5 Å². The highest BCUT2D eigenvalue weighted by molar-refractivity contribution is 5.76. The Hall–Kier alpha value is -2.69. The van der Waals surface area contributed by atoms with Crippen LogP contribution in [0.5, 0.6) is 0 Å². The van der Waals surface area contributed by atoms with Gasteiger partial charge < -0.3 is 4.57 Å². The Morgan fingerprint density at radius 1 is 0.769 bits per heavy atom. The molecule has 0 unspecified atom stereocenters. The van der Waals surface area contributed by atoms with Gasteiger partial charge >= 0.3 is 0 Å². The van der Waals surface area contributed by atoms with E-state index in [0.717, 1.165) is 16.7 Å². The van der Waals surface area contributed by atoms with Crippen molar-refractivity contribution in [3.63, 3.8) is 0 Å². The van der Waals surface area contributed by atoms with Crippen LogP contribution in [0.4, 0.5) is 0 Å². The minimum atomic E-state index is 0.368. The highest BCUT2D eigenvalue weighted by Crippen LogP contribution is 2.18. The molecule has 0 saturated carbocycles. The molecule has 4 heterocycles. The van der Waals surface area contributed by atoms with Gasteiger partial charge in [-0.05, 0) is 70.9 Å². The highest BCUT2D eigenvalue weighted by Gasteiger charge is 2.06. The minimum absolute atomic E-state index is 0.368. The predicted molar refractivity (Wildman–Crippen MR) is 108 cm³/mol. The van der Waals surface area contributed by atoms with E-state index in [2.05, 4.69) is 78.6 Å². The summed E-state index contributed by atoms with van der Waals surface area (Å²) >= 11 is 0. The SMILES string of the molecule is Cc1cnc2c(ccn2C(C)C)c1.Cc1cnc2c(cnn2C(C)C)c1. The second kappa shape index (κ2) is 7.28. The van der Waals surface area contributed by atoms with Crippen LogP contribution >= 0.6 is 0 Å². The molecule has 0 saturated heterocycles. The van der Waals surface area contributed by atoms with E-state index in [1.807, 2.05) is 30.2 Å². The summed E-state index contributed by atoms with van der Waals surface area (Å²) in [7, 11) is 0. The monoisotopic (exact) mass is 349 g/mol. The van der Waals surface area contributed by atoms with Crippen LogP contribution in [0.15, 0.2) is 43.0 Å². The lowest BCUT2D eigenvalue weighted by Gasteiger charge is -2.07. The minimum Gasteiger partial charge on any atom is -0.330 e. The van der Waals surface area contributed by atoms with Crippen molar-refractivity contribution in [3.05, 3.63) is 54.1 Å². The van der Waals surface area contributed by atoms with Gasteiger partial charge in [-0.2, -0.15) is 5.10 Å². The van der Waals surface area contributed by atoms with Crippen molar-refractivity contribution in [2.75, 3.05) is 0 Å². The standard InChI is InChI=1S/C11H14N2.C10H13N3/c1-8(2)13-5-4-10-6-9(3)7-12-11(10)13;1-7(2)13-10-9(6-12-13)4-8(3)5-11-10/h4-8H,1-3H3;4-7H,1-3H3. The van der Waals surface area contributed by atoms with Gasteiger partial charge in [0.05, 0.1) is 6.20 Å². The Morgan fingerprint density at radius 2 is 1.38 bits per heavy atom. The quantitative estimate of drug-likeness (QED) is 0.497. The molecule has 0 N–H and O–H groups in total. The van der Waals surface area contributed by atoms with Crippen LogP contribution in [0.1, 0.15) is 50.9 Å². The van der Waals surface area contributed by atoms with E-state index in [0.29, 0.717) is 12.1 Å². The first-order valence-electron chi connectivity index (χ1n) is 9.10. The summed E-state index contributed by atoms with van der Waals surface area (Å²) in [6, 6.07) is 7.24. The number of aromatic nitrogens is 5. The van der Waals surface area contributed by atoms with E-state index in [-0.39, 0.29) is 0 Å². The van der Waals surface area contributed by atoms with E-state index >= 15 is 0 Å². The Kier molecular flexibility index (Phi) is 5.07. The molecule has 0 atom stereocenters. The van der Waals surface area contributed by atoms with Crippen molar-refractivity contribution < 1.29 is 0 Å². The lowest BCUT2D eigenvalue weighted by Crippen LogP contribution is -2.02. The average Bonchev–Trinajstić information content (AvgIpc) is 3.18. The zero-order valence-electron chi connectivity index (χ0n) is 16.4. The summed E-state index contributed by atoms with van der Waals surface area (Å²) in [6.07, 6.45) is 7.77. The average molecular weight is 349 g/mol. The fraction of sp³-hybridized carbons (Fsp3) is 0.381. The molecule has 0 amide bonds. The van der Waals surface area contributed by atoms with Gasteiger partial charge in [0, 0.05) is 41.4 Å². The number of hydrogen-bond donors (Lipinski definition) is 0. The fourth-order valence-corrected chi connectivity index (χ4v) is 3.00. The molecule has 0 aliphatic carbocycles. The van der Waals surface area contributed by atoms with Gasteiger partial charge in [-0.1, -0.05) is 0 Å². The van der Waals surface area contributed by atoms with Gasteiger partial charge in [0.25, 0.3) is 0 Å². The van der Waals surface area contributed by atoms with Crippen molar-refractivity contribution >= 4 is 22.1 Å². The third-order valence-corrected chi connectivity index (χ3v) is 4.31. The van der Waals surface area contributed by atoms with Crippen molar-refractivity contribution in [1.82, 2.24) is 24.3 Å². The molecule has 0 fully saturated rings. The molecule has 5 nitrogen and oxygen atoms in total. The summed E-state index contributed by atoms with van der Waals surface area (Å²) in [6.45, 7) is 12.7. The maximum Gasteiger partial charge on any atom is 0.157 e. The van der Waals surface area contributed by atoms with Crippen molar-refractivity contribution in [2.45, 2.75) is 53.6 Å². The highest BCUT2D eigenvalue weighted by atomic mass is 15.3. The summed E-state index contributed by atoms with van der Waals surface area (Å²) in [5.41, 5.74) is 4.45. The van der Waals surface area contributed by atoms with Crippen molar-refractivity contribution in [3.8, 4) is 0 Å². The second-order valence-electron chi connectivity index (χ2n) is 7.35. The third kappa shape index (κ3) is 3.62. The van der Waals surface area contributed by atoms with Gasteiger partial charge in [-0.15, -0.1) is 0 Å². The molecular formula is C21H27N5. The van der Waals surface area contributed by atoms with Gasteiger partial charge in [-0.25, -0.2) is 14.6 Å². The number of nitrogens with zero attached hydrogens (tertiary/aromatic N) is 5. The molecule has 0 aliphatic heterocycles. The number of pyridine rings is 2. The third-order valence-electron chi connectivity index (χ3n) is 4.31. The number of aryl methyl sites for hydroxylation is 2. The molecule has 0 radical (unpaired) electrons. The van der Waals surface area contributed by atoms with Gasteiger partial charge in [-0.3, -0.25) is 0 Å². The van der Waals surface area contributed by atoms with Crippen LogP contribution in [-0.4, -0.2) is 24.3 Å². The van der Waals surface area contributed by atoms with E-state index in [4.69, 9.17) is 0 Å². The van der Waals surface area contributed by atoms with Gasteiger partial charge in [0.2, 0.25) is 0 Å².